The van der Waals surface area contributed by atoms with E-state index in [4.69, 9.17) is 0 Å². The summed E-state index contributed by atoms with van der Waals surface area (Å²) in [6, 6.07) is 49.6. The number of aromatic nitrogens is 2. The van der Waals surface area contributed by atoms with Crippen molar-refractivity contribution in [1.82, 2.24) is 9.13 Å². The summed E-state index contributed by atoms with van der Waals surface area (Å²) >= 11 is 0. The Balaban J connectivity index is 1.28. The van der Waals surface area contributed by atoms with Crippen molar-refractivity contribution >= 4 is 43.6 Å². The molecule has 0 fully saturated rings. The number of hydrogen-bond donors (Lipinski definition) is 0. The molecule has 2 aromatic heterocycles. The predicted octanol–water partition coefficient (Wildman–Crippen LogP) is 11.8. The summed E-state index contributed by atoms with van der Waals surface area (Å²) < 4.78 is 4.85. The van der Waals surface area contributed by atoms with E-state index in [1.165, 1.54) is 77.2 Å². The minimum atomic E-state index is 0.136. The zero-order chi connectivity index (χ0) is 30.7. The van der Waals surface area contributed by atoms with E-state index >= 15 is 0 Å². The number of nitrogens with zero attached hydrogens (tertiary/aromatic N) is 2. The quantitative estimate of drug-likeness (QED) is 0.185. The Hall–Kier alpha value is -5.08. The van der Waals surface area contributed by atoms with Crippen LogP contribution in [0.15, 0.2) is 133 Å². The molecule has 2 heteroatoms. The molecule has 0 N–H and O–H groups in total. The van der Waals surface area contributed by atoms with Crippen molar-refractivity contribution in [2.75, 3.05) is 0 Å². The van der Waals surface area contributed by atoms with Crippen LogP contribution in [-0.4, -0.2) is 9.13 Å². The number of benzene rings is 6. The van der Waals surface area contributed by atoms with Gasteiger partial charge in [-0.2, -0.15) is 0 Å². The van der Waals surface area contributed by atoms with Crippen LogP contribution in [0.5, 0.6) is 0 Å². The van der Waals surface area contributed by atoms with Crippen molar-refractivity contribution in [1.29, 1.82) is 0 Å². The molecular formula is C43H38N2. The number of aryl methyl sites for hydroxylation is 1. The summed E-state index contributed by atoms with van der Waals surface area (Å²) in [5.41, 5.74) is 12.6. The number of para-hydroxylation sites is 2. The van der Waals surface area contributed by atoms with E-state index in [1.807, 2.05) is 0 Å². The second kappa shape index (κ2) is 10.5. The summed E-state index contributed by atoms with van der Waals surface area (Å²) in [5, 5.41) is 5.22. The Bertz CT molecular complexity index is 2380. The van der Waals surface area contributed by atoms with Crippen molar-refractivity contribution < 1.29 is 0 Å². The van der Waals surface area contributed by atoms with Gasteiger partial charge in [0.2, 0.25) is 0 Å². The average molecular weight is 583 g/mol. The lowest BCUT2D eigenvalue weighted by atomic mass is 9.82. The summed E-state index contributed by atoms with van der Waals surface area (Å²) in [5.74, 6) is 0. The largest absolute Gasteiger partial charge is 0.309 e. The lowest BCUT2D eigenvalue weighted by Gasteiger charge is -2.23. The second-order valence-electron chi connectivity index (χ2n) is 13.0. The molecule has 2 nitrogen and oxygen atoms in total. The highest BCUT2D eigenvalue weighted by Crippen LogP contribution is 2.38. The van der Waals surface area contributed by atoms with Gasteiger partial charge in [0, 0.05) is 32.9 Å². The van der Waals surface area contributed by atoms with Gasteiger partial charge in [-0.15, -0.1) is 0 Å². The average Bonchev–Trinajstić information content (AvgIpc) is 3.60. The van der Waals surface area contributed by atoms with Gasteiger partial charge in [-0.3, -0.25) is 0 Å². The van der Waals surface area contributed by atoms with E-state index in [0.29, 0.717) is 0 Å². The summed E-state index contributed by atoms with van der Waals surface area (Å²) in [7, 11) is 0. The number of hydrogen-bond acceptors (Lipinski definition) is 0. The molecule has 0 atom stereocenters. The Kier molecular flexibility index (Phi) is 6.42. The standard InChI is InChI=1S/C43H38N2/c1-5-29-21-23-41-37(25-29)35-17-7-9-19-39(35)44(41)33-15-11-13-30(26-33)31-14-12-16-34(27-31)45-40-20-10-8-18-36(40)38-28-32(22-24-42(38)45)43(3,4)6-2/h7-28H,5-6H2,1-4H3. The van der Waals surface area contributed by atoms with Crippen LogP contribution in [0.3, 0.4) is 0 Å². The molecule has 8 rings (SSSR count). The predicted molar refractivity (Wildman–Crippen MR) is 193 cm³/mol. The molecule has 220 valence electrons. The van der Waals surface area contributed by atoms with Crippen LogP contribution < -0.4 is 0 Å². The first kappa shape index (κ1) is 27.5. The van der Waals surface area contributed by atoms with Gasteiger partial charge in [0.05, 0.1) is 22.1 Å². The van der Waals surface area contributed by atoms with Crippen molar-refractivity contribution in [3.63, 3.8) is 0 Å². The lowest BCUT2D eigenvalue weighted by molar-refractivity contribution is 0.507. The zero-order valence-corrected chi connectivity index (χ0v) is 26.5. The number of fused-ring (bicyclic) bond motifs is 6. The van der Waals surface area contributed by atoms with Crippen LogP contribution in [-0.2, 0) is 11.8 Å². The first-order valence-electron chi connectivity index (χ1n) is 16.2. The van der Waals surface area contributed by atoms with Gasteiger partial charge in [0.25, 0.3) is 0 Å². The van der Waals surface area contributed by atoms with Gasteiger partial charge in [-0.05, 0) is 101 Å². The third-order valence-electron chi connectivity index (χ3n) is 10.0. The molecule has 0 saturated carbocycles. The van der Waals surface area contributed by atoms with Gasteiger partial charge in [-0.1, -0.05) is 100 Å². The van der Waals surface area contributed by atoms with E-state index in [2.05, 4.69) is 170 Å². The molecule has 0 aliphatic carbocycles. The second-order valence-corrected chi connectivity index (χ2v) is 13.0. The topological polar surface area (TPSA) is 9.86 Å². The van der Waals surface area contributed by atoms with Gasteiger partial charge in [0.1, 0.15) is 0 Å². The van der Waals surface area contributed by atoms with E-state index < -0.39 is 0 Å². The van der Waals surface area contributed by atoms with E-state index in [0.717, 1.165) is 12.8 Å². The molecule has 0 bridgehead atoms. The van der Waals surface area contributed by atoms with E-state index in [1.54, 1.807) is 0 Å². The Morgan fingerprint density at radius 3 is 1.53 bits per heavy atom. The molecule has 0 aliphatic heterocycles. The normalized spacial score (nSPS) is 12.2. The molecule has 8 aromatic rings. The fourth-order valence-corrected chi connectivity index (χ4v) is 7.04. The van der Waals surface area contributed by atoms with Crippen LogP contribution in [0.25, 0.3) is 66.1 Å². The SMILES string of the molecule is CCc1ccc2c(c1)c1ccccc1n2-c1cccc(-c2cccc(-n3c4ccccc4c4cc(C(C)(C)CC)ccc43)c2)c1. The van der Waals surface area contributed by atoms with Crippen LogP contribution >= 0.6 is 0 Å². The third-order valence-corrected chi connectivity index (χ3v) is 10.0. The minimum Gasteiger partial charge on any atom is -0.309 e. The molecule has 0 spiro atoms. The van der Waals surface area contributed by atoms with Gasteiger partial charge in [-0.25, -0.2) is 0 Å². The summed E-state index contributed by atoms with van der Waals surface area (Å²) in [6.07, 6.45) is 2.14. The maximum absolute atomic E-state index is 2.43. The summed E-state index contributed by atoms with van der Waals surface area (Å²) in [4.78, 5) is 0. The zero-order valence-electron chi connectivity index (χ0n) is 26.5. The van der Waals surface area contributed by atoms with Crippen LogP contribution in [0.2, 0.25) is 0 Å². The van der Waals surface area contributed by atoms with Crippen LogP contribution in [0.1, 0.15) is 45.2 Å². The Labute approximate surface area is 265 Å². The van der Waals surface area contributed by atoms with E-state index in [-0.39, 0.29) is 5.41 Å². The molecule has 0 radical (unpaired) electrons. The molecule has 2 heterocycles. The van der Waals surface area contributed by atoms with Crippen LogP contribution in [0.4, 0.5) is 0 Å². The highest BCUT2D eigenvalue weighted by Gasteiger charge is 2.21. The van der Waals surface area contributed by atoms with Crippen molar-refractivity contribution in [2.45, 2.75) is 46.0 Å². The third kappa shape index (κ3) is 4.39. The van der Waals surface area contributed by atoms with Gasteiger partial charge >= 0.3 is 0 Å². The smallest absolute Gasteiger partial charge is 0.0541 e. The van der Waals surface area contributed by atoms with Crippen molar-refractivity contribution in [3.8, 4) is 22.5 Å². The first-order valence-corrected chi connectivity index (χ1v) is 16.2. The van der Waals surface area contributed by atoms with Crippen molar-refractivity contribution in [3.05, 3.63) is 145 Å². The molecule has 45 heavy (non-hydrogen) atoms. The maximum Gasteiger partial charge on any atom is 0.0541 e. The first-order chi connectivity index (χ1) is 22.0. The summed E-state index contributed by atoms with van der Waals surface area (Å²) in [6.45, 7) is 9.18. The fourth-order valence-electron chi connectivity index (χ4n) is 7.04. The molecule has 0 unspecified atom stereocenters. The lowest BCUT2D eigenvalue weighted by Crippen LogP contribution is -2.15. The minimum absolute atomic E-state index is 0.136. The van der Waals surface area contributed by atoms with E-state index in [9.17, 15) is 0 Å². The van der Waals surface area contributed by atoms with Gasteiger partial charge < -0.3 is 9.13 Å². The Morgan fingerprint density at radius 2 is 0.978 bits per heavy atom. The molecule has 6 aromatic carbocycles. The monoisotopic (exact) mass is 582 g/mol. The molecule has 0 saturated heterocycles. The molecule has 0 amide bonds. The Morgan fingerprint density at radius 1 is 0.467 bits per heavy atom. The molecular weight excluding hydrogens is 544 g/mol. The number of rotatable bonds is 6. The highest BCUT2D eigenvalue weighted by molar-refractivity contribution is 6.10. The highest BCUT2D eigenvalue weighted by atomic mass is 15.0. The van der Waals surface area contributed by atoms with Crippen molar-refractivity contribution in [2.24, 2.45) is 0 Å². The van der Waals surface area contributed by atoms with Gasteiger partial charge in [0.15, 0.2) is 0 Å². The maximum atomic E-state index is 2.43. The van der Waals surface area contributed by atoms with Crippen LogP contribution in [0, 0.1) is 0 Å². The fraction of sp³-hybridized carbons (Fsp3) is 0.163. The molecule has 0 aliphatic rings.